The maximum Gasteiger partial charge on any atom is 0.304 e. The number of sulfonamides is 1. The van der Waals surface area contributed by atoms with Crippen molar-refractivity contribution in [2.45, 2.75) is 69.2 Å². The molecule has 4 atom stereocenters. The fraction of sp³-hybridized carbons (Fsp3) is 0.481. The summed E-state index contributed by atoms with van der Waals surface area (Å²) in [4.78, 5) is 27.8. The smallest absolute Gasteiger partial charge is 0.304 e. The third-order valence-electron chi connectivity index (χ3n) is 7.48. The SMILES string of the molecule is CCC(CNS(=O)(=O)C1CC1)N1C(=O)[C@@](C)(CC(=O)O)C[C@H](c2cccc(Cl)c2)[C@H]1c1ccc(Cl)cc1. The number of aliphatic carboxylic acids is 1. The Morgan fingerprint density at radius 2 is 1.81 bits per heavy atom. The van der Waals surface area contributed by atoms with Gasteiger partial charge in [0.05, 0.1) is 23.1 Å². The average molecular weight is 568 g/mol. The Morgan fingerprint density at radius 3 is 2.38 bits per heavy atom. The normalized spacial score (nSPS) is 25.2. The van der Waals surface area contributed by atoms with E-state index in [1.54, 1.807) is 30.0 Å². The van der Waals surface area contributed by atoms with Crippen LogP contribution in [0.1, 0.15) is 69.0 Å². The maximum absolute atomic E-state index is 14.2. The van der Waals surface area contributed by atoms with Gasteiger partial charge in [-0.2, -0.15) is 0 Å². The summed E-state index contributed by atoms with van der Waals surface area (Å²) in [5.74, 6) is -1.64. The molecule has 7 nitrogen and oxygen atoms in total. The molecule has 2 fully saturated rings. The van der Waals surface area contributed by atoms with E-state index in [9.17, 15) is 23.1 Å². The zero-order valence-corrected chi connectivity index (χ0v) is 23.2. The van der Waals surface area contributed by atoms with Gasteiger partial charge in [-0.15, -0.1) is 0 Å². The molecule has 1 aliphatic heterocycles. The second kappa shape index (κ2) is 10.9. The average Bonchev–Trinajstić information content (AvgIpc) is 3.68. The summed E-state index contributed by atoms with van der Waals surface area (Å²) in [6.45, 7) is 3.64. The van der Waals surface area contributed by atoms with E-state index in [0.29, 0.717) is 35.7 Å². The van der Waals surface area contributed by atoms with Crippen molar-refractivity contribution in [3.05, 3.63) is 69.7 Å². The number of piperidine rings is 1. The molecule has 2 N–H and O–H groups in total. The highest BCUT2D eigenvalue weighted by atomic mass is 35.5. The van der Waals surface area contributed by atoms with Gasteiger partial charge in [0, 0.05) is 28.5 Å². The van der Waals surface area contributed by atoms with E-state index < -0.39 is 33.5 Å². The first kappa shape index (κ1) is 27.9. The molecule has 37 heavy (non-hydrogen) atoms. The molecule has 0 aromatic heterocycles. The van der Waals surface area contributed by atoms with Gasteiger partial charge in [0.25, 0.3) is 0 Å². The Labute approximate surface area is 228 Å². The summed E-state index contributed by atoms with van der Waals surface area (Å²) in [6.07, 6.45) is 1.71. The molecule has 2 aromatic rings. The third-order valence-corrected chi connectivity index (χ3v) is 9.88. The zero-order chi connectivity index (χ0) is 27.0. The van der Waals surface area contributed by atoms with E-state index in [-0.39, 0.29) is 30.0 Å². The molecule has 200 valence electrons. The fourth-order valence-corrected chi connectivity index (χ4v) is 7.17. The molecule has 1 saturated heterocycles. The number of hydrogen-bond acceptors (Lipinski definition) is 4. The Morgan fingerprint density at radius 1 is 1.14 bits per heavy atom. The lowest BCUT2D eigenvalue weighted by molar-refractivity contribution is -0.160. The van der Waals surface area contributed by atoms with Crippen molar-refractivity contribution >= 4 is 45.1 Å². The Hall–Kier alpha value is -2.13. The molecule has 10 heteroatoms. The second-order valence-corrected chi connectivity index (χ2v) is 13.3. The van der Waals surface area contributed by atoms with Crippen LogP contribution in [0.4, 0.5) is 0 Å². The lowest BCUT2D eigenvalue weighted by Gasteiger charge is -2.52. The predicted octanol–water partition coefficient (Wildman–Crippen LogP) is 5.39. The summed E-state index contributed by atoms with van der Waals surface area (Å²) in [5.41, 5.74) is 0.531. The molecule has 1 amide bonds. The van der Waals surface area contributed by atoms with Crippen molar-refractivity contribution in [2.75, 3.05) is 6.54 Å². The quantitative estimate of drug-likeness (QED) is 0.401. The molecule has 1 heterocycles. The first-order chi connectivity index (χ1) is 17.4. The number of likely N-dealkylation sites (tertiary alicyclic amines) is 1. The lowest BCUT2D eigenvalue weighted by Crippen LogP contribution is -2.58. The molecule has 0 radical (unpaired) electrons. The van der Waals surface area contributed by atoms with Gasteiger partial charge in [-0.25, -0.2) is 13.1 Å². The topological polar surface area (TPSA) is 104 Å². The first-order valence-corrected chi connectivity index (χ1v) is 14.8. The standard InChI is InChI=1S/C27H32Cl2N2O5S/c1-3-21(16-30-37(35,36)22-11-12-22)31-25(17-7-9-19(28)10-8-17)23(18-5-4-6-20(29)13-18)14-27(2,26(31)34)15-24(32)33/h4-10,13,21-23,25,30H,3,11-12,14-16H2,1-2H3,(H,32,33)/t21?,23-,25-,27-/m1/s1. The molecule has 0 bridgehead atoms. The van der Waals surface area contributed by atoms with E-state index >= 15 is 0 Å². The first-order valence-electron chi connectivity index (χ1n) is 12.5. The van der Waals surface area contributed by atoms with Crippen molar-refractivity contribution in [1.82, 2.24) is 9.62 Å². The zero-order valence-electron chi connectivity index (χ0n) is 20.9. The molecule has 2 aliphatic rings. The highest BCUT2D eigenvalue weighted by Crippen LogP contribution is 2.52. The molecule has 4 rings (SSSR count). The number of carboxylic acids is 1. The number of hydrogen-bond donors (Lipinski definition) is 2. The number of carbonyl (C=O) groups is 2. The van der Waals surface area contributed by atoms with E-state index in [1.807, 2.05) is 37.3 Å². The number of carboxylic acid groups (broad SMARTS) is 1. The van der Waals surface area contributed by atoms with Gasteiger partial charge >= 0.3 is 5.97 Å². The number of benzene rings is 2. The van der Waals surface area contributed by atoms with Gasteiger partial charge in [-0.05, 0) is 61.1 Å². The van der Waals surface area contributed by atoms with Gasteiger partial charge in [-0.3, -0.25) is 9.59 Å². The van der Waals surface area contributed by atoms with Crippen molar-refractivity contribution in [3.63, 3.8) is 0 Å². The van der Waals surface area contributed by atoms with Crippen LogP contribution in [0.3, 0.4) is 0 Å². The molecule has 2 aromatic carbocycles. The van der Waals surface area contributed by atoms with Crippen LogP contribution in [0, 0.1) is 5.41 Å². The van der Waals surface area contributed by atoms with Crippen molar-refractivity contribution in [3.8, 4) is 0 Å². The van der Waals surface area contributed by atoms with Crippen LogP contribution in [0.5, 0.6) is 0 Å². The largest absolute Gasteiger partial charge is 0.481 e. The van der Waals surface area contributed by atoms with Crippen LogP contribution in [-0.4, -0.2) is 48.1 Å². The molecular formula is C27H32Cl2N2O5S. The highest BCUT2D eigenvalue weighted by Gasteiger charge is 2.52. The Balaban J connectivity index is 1.83. The van der Waals surface area contributed by atoms with Crippen LogP contribution in [0.2, 0.25) is 10.0 Å². The number of nitrogens with zero attached hydrogens (tertiary/aromatic N) is 1. The van der Waals surface area contributed by atoms with Crippen LogP contribution in [0.15, 0.2) is 48.5 Å². The second-order valence-electron chi connectivity index (χ2n) is 10.4. The minimum atomic E-state index is -3.47. The Kier molecular flexibility index (Phi) is 8.24. The number of nitrogens with one attached hydrogen (secondary N) is 1. The van der Waals surface area contributed by atoms with Crippen LogP contribution >= 0.6 is 23.2 Å². The molecule has 1 saturated carbocycles. The van der Waals surface area contributed by atoms with Crippen molar-refractivity contribution in [1.29, 1.82) is 0 Å². The molecule has 1 unspecified atom stereocenters. The fourth-order valence-electron chi connectivity index (χ4n) is 5.43. The number of amides is 1. The summed E-state index contributed by atoms with van der Waals surface area (Å²) in [5, 5.41) is 10.4. The highest BCUT2D eigenvalue weighted by molar-refractivity contribution is 7.90. The summed E-state index contributed by atoms with van der Waals surface area (Å²) < 4.78 is 28.0. The van der Waals surface area contributed by atoms with E-state index in [0.717, 1.165) is 11.1 Å². The van der Waals surface area contributed by atoms with Crippen LogP contribution in [-0.2, 0) is 19.6 Å². The van der Waals surface area contributed by atoms with Crippen molar-refractivity contribution in [2.24, 2.45) is 5.41 Å². The Bertz CT molecular complexity index is 1270. The minimum Gasteiger partial charge on any atom is -0.481 e. The summed E-state index contributed by atoms with van der Waals surface area (Å²) >= 11 is 12.5. The van der Waals surface area contributed by atoms with Gasteiger partial charge in [0.1, 0.15) is 0 Å². The summed E-state index contributed by atoms with van der Waals surface area (Å²) in [6, 6.07) is 13.7. The summed E-state index contributed by atoms with van der Waals surface area (Å²) in [7, 11) is -3.47. The number of carbonyl (C=O) groups excluding carboxylic acids is 1. The number of halogens is 2. The molecule has 0 spiro atoms. The van der Waals surface area contributed by atoms with Gasteiger partial charge in [0.15, 0.2) is 0 Å². The monoisotopic (exact) mass is 566 g/mol. The number of rotatable bonds is 10. The van der Waals surface area contributed by atoms with Crippen LogP contribution in [0.25, 0.3) is 0 Å². The van der Waals surface area contributed by atoms with E-state index in [4.69, 9.17) is 23.2 Å². The predicted molar refractivity (Wildman–Crippen MR) is 144 cm³/mol. The third kappa shape index (κ3) is 6.14. The van der Waals surface area contributed by atoms with Gasteiger partial charge < -0.3 is 10.0 Å². The molecule has 1 aliphatic carbocycles. The minimum absolute atomic E-state index is 0.0522. The lowest BCUT2D eigenvalue weighted by atomic mass is 9.67. The molecular weight excluding hydrogens is 535 g/mol. The van der Waals surface area contributed by atoms with E-state index in [1.165, 1.54) is 0 Å². The van der Waals surface area contributed by atoms with Gasteiger partial charge in [-0.1, -0.05) is 61.3 Å². The maximum atomic E-state index is 14.2. The van der Waals surface area contributed by atoms with Crippen LogP contribution < -0.4 is 4.72 Å². The van der Waals surface area contributed by atoms with Gasteiger partial charge in [0.2, 0.25) is 15.9 Å². The van der Waals surface area contributed by atoms with E-state index in [2.05, 4.69) is 4.72 Å². The van der Waals surface area contributed by atoms with Crippen molar-refractivity contribution < 1.29 is 23.1 Å².